The molecule has 0 aliphatic heterocycles. The van der Waals surface area contributed by atoms with Crippen molar-refractivity contribution in [3.63, 3.8) is 0 Å². The van der Waals surface area contributed by atoms with Gasteiger partial charge in [0, 0.05) is 19.3 Å². The second-order valence-corrected chi connectivity index (χ2v) is 19.2. The van der Waals surface area contributed by atoms with Crippen LogP contribution in [0.1, 0.15) is 265 Å². The molecule has 0 fully saturated rings. The van der Waals surface area contributed by atoms with Gasteiger partial charge in [0.05, 0.1) is 0 Å². The summed E-state index contributed by atoms with van der Waals surface area (Å²) in [4.78, 5) is 38.2. The van der Waals surface area contributed by atoms with Crippen LogP contribution in [0.2, 0.25) is 0 Å². The van der Waals surface area contributed by atoms with Gasteiger partial charge in [0.1, 0.15) is 13.2 Å². The molecule has 6 nitrogen and oxygen atoms in total. The van der Waals surface area contributed by atoms with Crippen LogP contribution in [0.25, 0.3) is 0 Å². The summed E-state index contributed by atoms with van der Waals surface area (Å²) >= 11 is 0. The maximum absolute atomic E-state index is 12.8. The normalized spacial score (nSPS) is 12.9. The topological polar surface area (TPSA) is 78.9 Å². The Morgan fingerprint density at radius 1 is 0.296 bits per heavy atom. The number of hydrogen-bond donors (Lipinski definition) is 0. The predicted molar refractivity (Wildman–Crippen MR) is 307 cm³/mol. The fourth-order valence-corrected chi connectivity index (χ4v) is 7.88. The summed E-state index contributed by atoms with van der Waals surface area (Å²) in [6.07, 6.45) is 79.5. The molecule has 0 amide bonds. The molecule has 0 N–H and O–H groups in total. The first-order valence-corrected chi connectivity index (χ1v) is 29.4. The summed E-state index contributed by atoms with van der Waals surface area (Å²) < 4.78 is 16.8. The van der Waals surface area contributed by atoms with Crippen molar-refractivity contribution in [3.8, 4) is 0 Å². The quantitative estimate of drug-likeness (QED) is 0.0261. The van der Waals surface area contributed by atoms with E-state index < -0.39 is 6.10 Å². The van der Waals surface area contributed by atoms with E-state index in [9.17, 15) is 14.4 Å². The fourth-order valence-electron chi connectivity index (χ4n) is 7.88. The van der Waals surface area contributed by atoms with Gasteiger partial charge in [0.15, 0.2) is 6.10 Å². The van der Waals surface area contributed by atoms with Crippen LogP contribution in [-0.4, -0.2) is 37.2 Å². The lowest BCUT2D eigenvalue weighted by Gasteiger charge is -2.18. The highest BCUT2D eigenvalue weighted by molar-refractivity contribution is 5.71. The van der Waals surface area contributed by atoms with Crippen LogP contribution in [0.4, 0.5) is 0 Å². The van der Waals surface area contributed by atoms with E-state index >= 15 is 0 Å². The number of unbranched alkanes of at least 4 members (excludes halogenated alkanes) is 23. The minimum Gasteiger partial charge on any atom is -0.462 e. The van der Waals surface area contributed by atoms with E-state index in [1.165, 1.54) is 128 Å². The lowest BCUT2D eigenvalue weighted by Crippen LogP contribution is -2.30. The van der Waals surface area contributed by atoms with Crippen LogP contribution < -0.4 is 0 Å². The van der Waals surface area contributed by atoms with E-state index in [1.807, 2.05) is 0 Å². The van der Waals surface area contributed by atoms with Crippen LogP contribution in [-0.2, 0) is 28.6 Å². The van der Waals surface area contributed by atoms with Crippen molar-refractivity contribution in [2.24, 2.45) is 0 Å². The van der Waals surface area contributed by atoms with Gasteiger partial charge in [-0.3, -0.25) is 14.4 Å². The highest BCUT2D eigenvalue weighted by atomic mass is 16.6. The zero-order valence-electron chi connectivity index (χ0n) is 46.2. The summed E-state index contributed by atoms with van der Waals surface area (Å²) in [5.74, 6) is -1.03. The number of allylic oxidation sites excluding steroid dienone is 18. The van der Waals surface area contributed by atoms with Crippen LogP contribution in [0, 0.1) is 0 Å². The van der Waals surface area contributed by atoms with Gasteiger partial charge in [-0.1, -0.05) is 259 Å². The Morgan fingerprint density at radius 3 is 0.915 bits per heavy atom. The molecule has 404 valence electrons. The highest BCUT2D eigenvalue weighted by Gasteiger charge is 2.19. The molecule has 0 radical (unpaired) electrons. The van der Waals surface area contributed by atoms with E-state index in [-0.39, 0.29) is 44.0 Å². The molecule has 0 aromatic rings. The van der Waals surface area contributed by atoms with Crippen LogP contribution in [0.3, 0.4) is 0 Å². The third-order valence-corrected chi connectivity index (χ3v) is 12.3. The molecule has 0 saturated heterocycles. The summed E-state index contributed by atoms with van der Waals surface area (Å²) in [6, 6.07) is 0. The SMILES string of the molecule is CC/C=C\C/C=C\C/C=C\C/C=C\C/C=C\CCCC(=O)OC(COC(=O)CCC/C=C\C/C=C\C/C=C\C/C=C\CCCCC)COC(=O)CCCCCCCCCCCCCCCCCCCCC. The number of ether oxygens (including phenoxy) is 3. The van der Waals surface area contributed by atoms with Crippen molar-refractivity contribution in [1.29, 1.82) is 0 Å². The molecule has 0 aliphatic rings. The molecule has 0 bridgehead atoms. The third-order valence-electron chi connectivity index (χ3n) is 12.3. The lowest BCUT2D eigenvalue weighted by atomic mass is 10.0. The van der Waals surface area contributed by atoms with E-state index in [0.29, 0.717) is 19.3 Å². The van der Waals surface area contributed by atoms with E-state index in [2.05, 4.69) is 130 Å². The second kappa shape index (κ2) is 58.6. The summed E-state index contributed by atoms with van der Waals surface area (Å²) in [5.41, 5.74) is 0. The standard InChI is InChI=1S/C65H108O6/c1-4-7-10-13-16-19-22-25-28-31-32-35-37-40-43-46-49-52-55-58-64(67)70-61-62(71-65(68)59-56-53-50-47-44-41-38-34-30-27-24-21-18-15-12-9-6-3)60-69-63(66)57-54-51-48-45-42-39-36-33-29-26-23-20-17-14-11-8-5-2/h9,12,17-18,20-21,26-27,29-30,36,38-39,41,45,47-48,50,62H,4-8,10-11,13-16,19,22-25,28,31-35,37,40,42-44,46,49,51-61H2,1-3H3/b12-9-,20-17-,21-18-,29-26-,30-27-,39-36-,41-38-,48-45-,50-47-. The van der Waals surface area contributed by atoms with Crippen LogP contribution >= 0.6 is 0 Å². The van der Waals surface area contributed by atoms with Crippen molar-refractivity contribution in [2.45, 2.75) is 271 Å². The summed E-state index contributed by atoms with van der Waals surface area (Å²) in [5, 5.41) is 0. The molecule has 0 saturated carbocycles. The highest BCUT2D eigenvalue weighted by Crippen LogP contribution is 2.16. The Bertz CT molecular complexity index is 1460. The van der Waals surface area contributed by atoms with Gasteiger partial charge in [0.2, 0.25) is 0 Å². The lowest BCUT2D eigenvalue weighted by molar-refractivity contribution is -0.167. The van der Waals surface area contributed by atoms with Crippen molar-refractivity contribution in [3.05, 3.63) is 109 Å². The average Bonchev–Trinajstić information content (AvgIpc) is 3.37. The van der Waals surface area contributed by atoms with E-state index in [0.717, 1.165) is 83.5 Å². The van der Waals surface area contributed by atoms with Gasteiger partial charge in [-0.2, -0.15) is 0 Å². The van der Waals surface area contributed by atoms with Crippen molar-refractivity contribution < 1.29 is 28.6 Å². The number of esters is 3. The first kappa shape index (κ1) is 67.1. The minimum atomic E-state index is -0.831. The Morgan fingerprint density at radius 2 is 0.563 bits per heavy atom. The average molecular weight is 986 g/mol. The molecule has 0 aliphatic carbocycles. The molecule has 0 aromatic heterocycles. The Balaban J connectivity index is 4.53. The third kappa shape index (κ3) is 56.9. The van der Waals surface area contributed by atoms with Gasteiger partial charge in [0.25, 0.3) is 0 Å². The predicted octanol–water partition coefficient (Wildman–Crippen LogP) is 19.9. The molecule has 0 aromatic carbocycles. The van der Waals surface area contributed by atoms with Crippen LogP contribution in [0.5, 0.6) is 0 Å². The van der Waals surface area contributed by atoms with Crippen molar-refractivity contribution in [1.82, 2.24) is 0 Å². The van der Waals surface area contributed by atoms with Gasteiger partial charge in [-0.25, -0.2) is 0 Å². The fraction of sp³-hybridized carbons (Fsp3) is 0.677. The van der Waals surface area contributed by atoms with Gasteiger partial charge in [-0.15, -0.1) is 0 Å². The summed E-state index contributed by atoms with van der Waals surface area (Å²) in [6.45, 7) is 6.42. The molecule has 1 unspecified atom stereocenters. The summed E-state index contributed by atoms with van der Waals surface area (Å²) in [7, 11) is 0. The zero-order chi connectivity index (χ0) is 51.4. The Hall–Kier alpha value is -3.93. The number of carbonyl (C=O) groups excluding carboxylic acids is 3. The molecule has 6 heteroatoms. The maximum Gasteiger partial charge on any atom is 0.306 e. The van der Waals surface area contributed by atoms with Crippen LogP contribution in [0.15, 0.2) is 109 Å². The first-order valence-electron chi connectivity index (χ1n) is 29.4. The van der Waals surface area contributed by atoms with E-state index in [4.69, 9.17) is 14.2 Å². The van der Waals surface area contributed by atoms with E-state index in [1.54, 1.807) is 0 Å². The minimum absolute atomic E-state index is 0.117. The molecule has 1 atom stereocenters. The maximum atomic E-state index is 12.8. The van der Waals surface area contributed by atoms with Gasteiger partial charge < -0.3 is 14.2 Å². The monoisotopic (exact) mass is 985 g/mol. The molecule has 0 spiro atoms. The largest absolute Gasteiger partial charge is 0.462 e. The Labute approximate surface area is 438 Å². The second-order valence-electron chi connectivity index (χ2n) is 19.2. The number of carbonyl (C=O) groups is 3. The molecular weight excluding hydrogens is 877 g/mol. The number of hydrogen-bond acceptors (Lipinski definition) is 6. The van der Waals surface area contributed by atoms with Crippen molar-refractivity contribution >= 4 is 17.9 Å². The zero-order valence-corrected chi connectivity index (χ0v) is 46.2. The molecule has 0 heterocycles. The molecule has 71 heavy (non-hydrogen) atoms. The van der Waals surface area contributed by atoms with Gasteiger partial charge >= 0.3 is 17.9 Å². The van der Waals surface area contributed by atoms with Crippen molar-refractivity contribution in [2.75, 3.05) is 13.2 Å². The smallest absolute Gasteiger partial charge is 0.306 e. The number of rotatable bonds is 52. The molecule has 0 rings (SSSR count). The molecular formula is C65H108O6. The van der Waals surface area contributed by atoms with Gasteiger partial charge in [-0.05, 0) is 96.3 Å². The Kier molecular flexibility index (Phi) is 55.4. The first-order chi connectivity index (χ1) is 35.0.